The molecule has 0 bridgehead atoms. The lowest BCUT2D eigenvalue weighted by Gasteiger charge is -2.11. The molecule has 33 heavy (non-hydrogen) atoms. The standard InChI is InChI=1S/C22H24N8O3/c1-12(2)33-16-5-3-4-13(8-16)10-23-20-27-18-14(9-17-19(31)28-22(32)26-17)11-24-30(18)21(29-20)25-15-6-7-15/h3-5,8-9,11-12,15,31H,6-7,10H2,1-2H3,(H,23,25,29)(H2,26,28,32)/b14-9+. The Balaban J connectivity index is 1.51. The van der Waals surface area contributed by atoms with E-state index < -0.39 is 5.69 Å². The molecule has 0 radical (unpaired) electrons. The Hall–Kier alpha value is -4.15. The summed E-state index contributed by atoms with van der Waals surface area (Å²) in [6, 6.07) is 8.08. The third-order valence-electron chi connectivity index (χ3n) is 4.98. The first-order chi connectivity index (χ1) is 15.9. The average molecular weight is 448 g/mol. The molecular formula is C22H24N8O3. The summed E-state index contributed by atoms with van der Waals surface area (Å²) in [5.41, 5.74) is 1.72. The maximum absolute atomic E-state index is 11.5. The van der Waals surface area contributed by atoms with Gasteiger partial charge in [0.2, 0.25) is 11.8 Å². The largest absolute Gasteiger partial charge is 0.493 e. The van der Waals surface area contributed by atoms with Crippen molar-refractivity contribution in [2.24, 2.45) is 4.99 Å². The van der Waals surface area contributed by atoms with Gasteiger partial charge in [-0.25, -0.2) is 9.79 Å². The molecule has 11 heteroatoms. The number of benzene rings is 1. The van der Waals surface area contributed by atoms with Gasteiger partial charge in [0.05, 0.1) is 18.3 Å². The van der Waals surface area contributed by atoms with E-state index >= 15 is 0 Å². The van der Waals surface area contributed by atoms with E-state index in [0.29, 0.717) is 29.0 Å². The molecular weight excluding hydrogens is 424 g/mol. The van der Waals surface area contributed by atoms with Crippen molar-refractivity contribution in [3.05, 3.63) is 63.0 Å². The molecule has 0 unspecified atom stereocenters. The Morgan fingerprint density at radius 2 is 2.18 bits per heavy atom. The summed E-state index contributed by atoms with van der Waals surface area (Å²) >= 11 is 0. The van der Waals surface area contributed by atoms with Crippen LogP contribution in [0.1, 0.15) is 37.9 Å². The molecule has 0 spiro atoms. The predicted octanol–water partition coefficient (Wildman–Crippen LogP) is 0.856. The smallest absolute Gasteiger partial charge is 0.326 e. The van der Waals surface area contributed by atoms with Crippen molar-refractivity contribution >= 4 is 17.7 Å². The van der Waals surface area contributed by atoms with E-state index in [0.717, 1.165) is 24.2 Å². The molecule has 1 saturated carbocycles. The van der Waals surface area contributed by atoms with Crippen LogP contribution < -0.4 is 26.6 Å². The van der Waals surface area contributed by atoms with Crippen LogP contribution in [0.15, 0.2) is 40.2 Å². The Bertz CT molecular complexity index is 1480. The molecule has 3 heterocycles. The predicted molar refractivity (Wildman–Crippen MR) is 121 cm³/mol. The number of hydrogen-bond donors (Lipinski definition) is 4. The molecule has 4 N–H and O–H groups in total. The van der Waals surface area contributed by atoms with Gasteiger partial charge in [-0.2, -0.15) is 19.6 Å². The van der Waals surface area contributed by atoms with E-state index in [1.807, 2.05) is 38.1 Å². The zero-order chi connectivity index (χ0) is 22.9. The van der Waals surface area contributed by atoms with E-state index in [2.05, 4.69) is 35.3 Å². The SMILES string of the molecule is CC(C)Oc1cccc(CNc2nc(=NC3CC3)n3nc/c(=C\c4[nH]c(=O)[nH]c4O)c3n2)c1. The van der Waals surface area contributed by atoms with Crippen LogP contribution in [0, 0.1) is 0 Å². The first-order valence-corrected chi connectivity index (χ1v) is 10.8. The molecule has 0 aliphatic heterocycles. The van der Waals surface area contributed by atoms with Crippen LogP contribution >= 0.6 is 0 Å². The van der Waals surface area contributed by atoms with Crippen molar-refractivity contribution in [2.45, 2.75) is 45.4 Å². The molecule has 11 nitrogen and oxygen atoms in total. The van der Waals surface area contributed by atoms with E-state index in [1.54, 1.807) is 16.8 Å². The van der Waals surface area contributed by atoms with Crippen molar-refractivity contribution < 1.29 is 9.84 Å². The molecule has 0 amide bonds. The minimum Gasteiger partial charge on any atom is -0.493 e. The highest BCUT2D eigenvalue weighted by Gasteiger charge is 2.21. The lowest BCUT2D eigenvalue weighted by molar-refractivity contribution is 0.242. The summed E-state index contributed by atoms with van der Waals surface area (Å²) in [6.45, 7) is 4.47. The van der Waals surface area contributed by atoms with Gasteiger partial charge in [-0.3, -0.25) is 4.98 Å². The molecule has 4 aromatic rings. The average Bonchev–Trinajstić information content (AvgIpc) is 3.40. The zero-order valence-electron chi connectivity index (χ0n) is 18.2. The van der Waals surface area contributed by atoms with Gasteiger partial charge in [0.1, 0.15) is 11.4 Å². The quantitative estimate of drug-likeness (QED) is 0.328. The van der Waals surface area contributed by atoms with E-state index in [9.17, 15) is 9.90 Å². The molecule has 1 aromatic carbocycles. The number of rotatable bonds is 7. The summed E-state index contributed by atoms with van der Waals surface area (Å²) < 4.78 is 7.33. The van der Waals surface area contributed by atoms with Crippen molar-refractivity contribution in [3.8, 4) is 11.6 Å². The Morgan fingerprint density at radius 3 is 2.91 bits per heavy atom. The van der Waals surface area contributed by atoms with E-state index in [-0.39, 0.29) is 23.7 Å². The van der Waals surface area contributed by atoms with Crippen LogP contribution in [-0.2, 0) is 6.54 Å². The monoisotopic (exact) mass is 448 g/mol. The van der Waals surface area contributed by atoms with Gasteiger partial charge in [-0.05, 0) is 50.5 Å². The van der Waals surface area contributed by atoms with Crippen molar-refractivity contribution in [3.63, 3.8) is 0 Å². The number of nitrogens with zero attached hydrogens (tertiary/aromatic N) is 5. The van der Waals surface area contributed by atoms with E-state index in [4.69, 9.17) is 4.74 Å². The van der Waals surface area contributed by atoms with Gasteiger partial charge in [0, 0.05) is 11.8 Å². The third-order valence-corrected chi connectivity index (χ3v) is 4.98. The van der Waals surface area contributed by atoms with Crippen LogP contribution in [0.5, 0.6) is 11.6 Å². The third kappa shape index (κ3) is 4.71. The minimum atomic E-state index is -0.500. The van der Waals surface area contributed by atoms with E-state index in [1.165, 1.54) is 0 Å². The molecule has 1 aliphatic carbocycles. The number of aromatic hydroxyl groups is 1. The Labute approximate surface area is 187 Å². The highest BCUT2D eigenvalue weighted by Crippen LogP contribution is 2.22. The van der Waals surface area contributed by atoms with Gasteiger partial charge in [-0.15, -0.1) is 0 Å². The minimum absolute atomic E-state index is 0.0940. The number of fused-ring (bicyclic) bond motifs is 1. The van der Waals surface area contributed by atoms with Gasteiger partial charge in [0.15, 0.2) is 5.65 Å². The molecule has 0 atom stereocenters. The van der Waals surface area contributed by atoms with Crippen molar-refractivity contribution in [1.82, 2.24) is 29.5 Å². The Kier molecular flexibility index (Phi) is 5.29. The lowest BCUT2D eigenvalue weighted by atomic mass is 10.2. The van der Waals surface area contributed by atoms with Crippen LogP contribution in [0.4, 0.5) is 5.95 Å². The van der Waals surface area contributed by atoms with Gasteiger partial charge >= 0.3 is 5.69 Å². The fourth-order valence-electron chi connectivity index (χ4n) is 3.34. The number of aromatic amines is 2. The zero-order valence-corrected chi connectivity index (χ0v) is 18.2. The van der Waals surface area contributed by atoms with Crippen LogP contribution in [0.2, 0.25) is 0 Å². The second-order valence-electron chi connectivity index (χ2n) is 8.20. The molecule has 170 valence electrons. The van der Waals surface area contributed by atoms with Crippen molar-refractivity contribution in [2.75, 3.05) is 5.32 Å². The molecule has 1 fully saturated rings. The summed E-state index contributed by atoms with van der Waals surface area (Å²) in [4.78, 5) is 30.1. The first kappa shape index (κ1) is 20.7. The number of H-pyrrole nitrogens is 2. The molecule has 0 saturated heterocycles. The van der Waals surface area contributed by atoms with Crippen LogP contribution in [0.3, 0.4) is 0 Å². The van der Waals surface area contributed by atoms with Gasteiger partial charge < -0.3 is 20.1 Å². The van der Waals surface area contributed by atoms with Crippen molar-refractivity contribution in [1.29, 1.82) is 0 Å². The first-order valence-electron chi connectivity index (χ1n) is 10.8. The summed E-state index contributed by atoms with van der Waals surface area (Å²) in [6.07, 6.45) is 5.33. The summed E-state index contributed by atoms with van der Waals surface area (Å²) in [7, 11) is 0. The fourth-order valence-corrected chi connectivity index (χ4v) is 3.34. The number of imidazole rings is 1. The molecule has 5 rings (SSSR count). The number of aromatic nitrogens is 6. The van der Waals surface area contributed by atoms with Gasteiger partial charge in [-0.1, -0.05) is 12.1 Å². The summed E-state index contributed by atoms with van der Waals surface area (Å²) in [5, 5.41) is 18.1. The number of anilines is 1. The summed E-state index contributed by atoms with van der Waals surface area (Å²) in [5.74, 6) is 0.954. The highest BCUT2D eigenvalue weighted by molar-refractivity contribution is 5.57. The molecule has 3 aromatic heterocycles. The van der Waals surface area contributed by atoms with Crippen LogP contribution in [0.25, 0.3) is 11.7 Å². The maximum atomic E-state index is 11.5. The Morgan fingerprint density at radius 1 is 1.33 bits per heavy atom. The van der Waals surface area contributed by atoms with Gasteiger partial charge in [0.25, 0.3) is 5.62 Å². The fraction of sp³-hybridized carbons (Fsp3) is 0.318. The van der Waals surface area contributed by atoms with Crippen LogP contribution in [-0.4, -0.2) is 46.8 Å². The number of nitrogens with one attached hydrogen (secondary N) is 3. The maximum Gasteiger partial charge on any atom is 0.326 e. The highest BCUT2D eigenvalue weighted by atomic mass is 16.5. The second-order valence-corrected chi connectivity index (χ2v) is 8.20. The topological polar surface area (TPSA) is 146 Å². The number of ether oxygens (including phenoxy) is 1. The normalized spacial score (nSPS) is 15.0. The molecule has 1 aliphatic rings. The number of hydrogen-bond acceptors (Lipinski definition) is 8. The lowest BCUT2D eigenvalue weighted by Crippen LogP contribution is -2.24. The second kappa shape index (κ2) is 8.41.